The minimum Gasteiger partial charge on any atom is -0.356 e. The van der Waals surface area contributed by atoms with Gasteiger partial charge in [0.2, 0.25) is 11.0 Å². The van der Waals surface area contributed by atoms with E-state index in [0.717, 1.165) is 52.3 Å². The van der Waals surface area contributed by atoms with Gasteiger partial charge in [-0.2, -0.15) is 5.10 Å². The number of aryl methyl sites for hydroxylation is 1. The van der Waals surface area contributed by atoms with Crippen LogP contribution in [-0.2, 0) is 24.1 Å². The Bertz CT molecular complexity index is 1100. The Balaban J connectivity index is 1.17. The molecule has 3 aromatic heterocycles. The molecule has 1 aliphatic heterocycles. The minimum atomic E-state index is -0.119. The van der Waals surface area contributed by atoms with Crippen molar-refractivity contribution in [1.82, 2.24) is 29.6 Å². The second-order valence-electron chi connectivity index (χ2n) is 7.19. The van der Waals surface area contributed by atoms with Crippen LogP contribution in [0.4, 0.5) is 0 Å². The lowest BCUT2D eigenvalue weighted by Gasteiger charge is -2.14. The summed E-state index contributed by atoms with van der Waals surface area (Å²) in [5.41, 5.74) is 2.78. The predicted molar refractivity (Wildman–Crippen MR) is 111 cm³/mol. The third-order valence-electron chi connectivity index (χ3n) is 5.24. The molecule has 0 spiro atoms. The second-order valence-corrected chi connectivity index (χ2v) is 9.01. The molecule has 0 radical (unpaired) electrons. The fourth-order valence-corrected chi connectivity index (χ4v) is 5.77. The lowest BCUT2D eigenvalue weighted by molar-refractivity contribution is -0.121. The molecule has 0 unspecified atom stereocenters. The van der Waals surface area contributed by atoms with Crippen LogP contribution in [0, 0.1) is 0 Å². The van der Waals surface area contributed by atoms with Crippen LogP contribution >= 0.6 is 23.1 Å². The number of amides is 1. The van der Waals surface area contributed by atoms with Crippen molar-refractivity contribution < 1.29 is 4.79 Å². The van der Waals surface area contributed by atoms with Crippen LogP contribution in [0.5, 0.6) is 0 Å². The van der Waals surface area contributed by atoms with E-state index in [9.17, 15) is 9.59 Å². The average molecular weight is 429 g/mol. The van der Waals surface area contributed by atoms with E-state index >= 15 is 0 Å². The molecule has 2 aliphatic rings. The highest BCUT2D eigenvalue weighted by molar-refractivity contribution is 7.99. The van der Waals surface area contributed by atoms with Gasteiger partial charge in [-0.1, -0.05) is 11.8 Å². The van der Waals surface area contributed by atoms with Crippen LogP contribution in [0.25, 0.3) is 5.13 Å². The first-order chi connectivity index (χ1) is 14.2. The number of nitrogens with zero attached hydrogens (tertiary/aromatic N) is 5. The molecule has 0 saturated carbocycles. The van der Waals surface area contributed by atoms with Crippen molar-refractivity contribution in [2.75, 3.05) is 12.3 Å². The Morgan fingerprint density at radius 1 is 1.31 bits per heavy atom. The van der Waals surface area contributed by atoms with E-state index in [4.69, 9.17) is 0 Å². The largest absolute Gasteiger partial charge is 0.356 e. The van der Waals surface area contributed by atoms with E-state index in [-0.39, 0.29) is 17.5 Å². The highest BCUT2D eigenvalue weighted by Crippen LogP contribution is 2.33. The molecule has 1 aliphatic carbocycles. The number of hydrogen-bond acceptors (Lipinski definition) is 7. The van der Waals surface area contributed by atoms with Gasteiger partial charge in [-0.3, -0.25) is 14.2 Å². The average Bonchev–Trinajstić information content (AvgIpc) is 3.49. The van der Waals surface area contributed by atoms with E-state index in [1.165, 1.54) is 11.3 Å². The SMILES string of the molecule is O=C(C[C@H]1CSc2nc3c(c(=O)n21)CCC3)NCCc1csc(-n2cccn2)n1. The number of thioether (sulfide) groups is 1. The summed E-state index contributed by atoms with van der Waals surface area (Å²) in [6.45, 7) is 0.519. The van der Waals surface area contributed by atoms with Crippen molar-refractivity contribution >= 4 is 29.0 Å². The molecule has 150 valence electrons. The molecule has 1 atom stereocenters. The van der Waals surface area contributed by atoms with Gasteiger partial charge in [-0.25, -0.2) is 14.6 Å². The summed E-state index contributed by atoms with van der Waals surface area (Å²) in [6, 6.07) is 1.74. The molecule has 29 heavy (non-hydrogen) atoms. The van der Waals surface area contributed by atoms with Gasteiger partial charge in [-0.15, -0.1) is 11.3 Å². The van der Waals surface area contributed by atoms with Crippen molar-refractivity contribution in [3.05, 3.63) is 51.1 Å². The van der Waals surface area contributed by atoms with Crippen molar-refractivity contribution in [2.24, 2.45) is 0 Å². The maximum Gasteiger partial charge on any atom is 0.257 e. The van der Waals surface area contributed by atoms with Crippen LogP contribution in [0.15, 0.2) is 33.8 Å². The number of fused-ring (bicyclic) bond motifs is 2. The summed E-state index contributed by atoms with van der Waals surface area (Å²) < 4.78 is 3.47. The van der Waals surface area contributed by atoms with Crippen molar-refractivity contribution in [1.29, 1.82) is 0 Å². The van der Waals surface area contributed by atoms with Crippen LogP contribution in [0.3, 0.4) is 0 Å². The summed E-state index contributed by atoms with van der Waals surface area (Å²) in [5, 5.41) is 10.7. The number of carbonyl (C=O) groups is 1. The Kier molecular flexibility index (Phi) is 4.96. The number of hydrogen-bond donors (Lipinski definition) is 1. The van der Waals surface area contributed by atoms with Crippen LogP contribution in [0.2, 0.25) is 0 Å². The maximum atomic E-state index is 12.8. The lowest BCUT2D eigenvalue weighted by Crippen LogP contribution is -2.33. The highest BCUT2D eigenvalue weighted by atomic mass is 32.2. The number of rotatable bonds is 6. The summed E-state index contributed by atoms with van der Waals surface area (Å²) in [4.78, 5) is 34.5. The first-order valence-corrected chi connectivity index (χ1v) is 11.5. The van der Waals surface area contributed by atoms with Gasteiger partial charge >= 0.3 is 0 Å². The number of carbonyl (C=O) groups excluding carboxylic acids is 1. The molecule has 5 rings (SSSR count). The van der Waals surface area contributed by atoms with Crippen molar-refractivity contribution in [3.8, 4) is 5.13 Å². The predicted octanol–water partition coefficient (Wildman–Crippen LogP) is 1.77. The molecular weight excluding hydrogens is 408 g/mol. The maximum absolute atomic E-state index is 12.8. The van der Waals surface area contributed by atoms with Gasteiger partial charge in [-0.05, 0) is 25.3 Å². The molecule has 0 bridgehead atoms. The Morgan fingerprint density at radius 3 is 3.10 bits per heavy atom. The zero-order valence-corrected chi connectivity index (χ0v) is 17.3. The Hall–Kier alpha value is -2.46. The van der Waals surface area contributed by atoms with Crippen molar-refractivity contribution in [3.63, 3.8) is 0 Å². The van der Waals surface area contributed by atoms with E-state index in [0.29, 0.717) is 19.4 Å². The molecule has 3 aromatic rings. The molecule has 10 heteroatoms. The zero-order chi connectivity index (χ0) is 19.8. The van der Waals surface area contributed by atoms with Crippen molar-refractivity contribution in [2.45, 2.75) is 43.3 Å². The van der Waals surface area contributed by atoms with Gasteiger partial charge in [0.1, 0.15) is 0 Å². The molecule has 0 aromatic carbocycles. The second kappa shape index (κ2) is 7.75. The third kappa shape index (κ3) is 3.62. The lowest BCUT2D eigenvalue weighted by atomic mass is 10.2. The normalized spacial score (nSPS) is 17.3. The summed E-state index contributed by atoms with van der Waals surface area (Å²) >= 11 is 3.10. The number of nitrogens with one attached hydrogen (secondary N) is 1. The van der Waals surface area contributed by atoms with E-state index in [1.807, 2.05) is 17.6 Å². The molecule has 1 N–H and O–H groups in total. The standard InChI is InChI=1S/C19H20N6O2S2/c26-16(20-7-5-12-10-28-18(22-12)24-8-2-6-21-24)9-13-11-29-19-23-15-4-1-3-14(15)17(27)25(13)19/h2,6,8,10,13H,1,3-5,7,9,11H2,(H,20,26)/t13-/m0/s1. The first kappa shape index (κ1) is 18.6. The molecule has 0 saturated heterocycles. The van der Waals surface area contributed by atoms with Gasteiger partial charge in [0.05, 0.1) is 17.4 Å². The molecule has 4 heterocycles. The summed E-state index contributed by atoms with van der Waals surface area (Å²) in [7, 11) is 0. The molecular formula is C19H20N6O2S2. The van der Waals surface area contributed by atoms with Crippen LogP contribution in [-0.4, -0.2) is 42.5 Å². The molecule has 1 amide bonds. The highest BCUT2D eigenvalue weighted by Gasteiger charge is 2.31. The quantitative estimate of drug-likeness (QED) is 0.602. The number of aromatic nitrogens is 5. The van der Waals surface area contributed by atoms with Crippen LogP contribution < -0.4 is 10.9 Å². The minimum absolute atomic E-state index is 0.0432. The topological polar surface area (TPSA) is 94.7 Å². The Labute approximate surface area is 175 Å². The summed E-state index contributed by atoms with van der Waals surface area (Å²) in [6.07, 6.45) is 7.23. The van der Waals surface area contributed by atoms with Crippen LogP contribution in [0.1, 0.15) is 35.8 Å². The molecule has 8 nitrogen and oxygen atoms in total. The Morgan fingerprint density at radius 2 is 2.24 bits per heavy atom. The van der Waals surface area contributed by atoms with Gasteiger partial charge in [0.15, 0.2) is 5.16 Å². The monoisotopic (exact) mass is 428 g/mol. The third-order valence-corrected chi connectivity index (χ3v) is 7.21. The zero-order valence-electron chi connectivity index (χ0n) is 15.7. The van der Waals surface area contributed by atoms with Gasteiger partial charge in [0.25, 0.3) is 5.56 Å². The fraction of sp³-hybridized carbons (Fsp3) is 0.421. The van der Waals surface area contributed by atoms with E-state index in [2.05, 4.69) is 20.4 Å². The smallest absolute Gasteiger partial charge is 0.257 e. The van der Waals surface area contributed by atoms with E-state index in [1.54, 1.807) is 27.2 Å². The van der Waals surface area contributed by atoms with Gasteiger partial charge in [0, 0.05) is 48.5 Å². The first-order valence-electron chi connectivity index (χ1n) is 9.67. The summed E-state index contributed by atoms with van der Waals surface area (Å²) in [5.74, 6) is 0.677. The van der Waals surface area contributed by atoms with Gasteiger partial charge < -0.3 is 5.32 Å². The fourth-order valence-electron chi connectivity index (χ4n) is 3.82. The number of thiazole rings is 1. The molecule has 0 fully saturated rings. The van der Waals surface area contributed by atoms with E-state index < -0.39 is 0 Å².